The normalized spacial score (nSPS) is 14.4. The van der Waals surface area contributed by atoms with Crippen molar-refractivity contribution in [3.8, 4) is 17.3 Å². The van der Waals surface area contributed by atoms with Crippen LogP contribution in [0.5, 0.6) is 0 Å². The van der Waals surface area contributed by atoms with Crippen molar-refractivity contribution in [2.24, 2.45) is 0 Å². The molecule has 1 fully saturated rings. The maximum Gasteiger partial charge on any atom is 0.272 e. The molecule has 4 aromatic heterocycles. The monoisotopic (exact) mass is 401 g/mol. The predicted molar refractivity (Wildman–Crippen MR) is 114 cm³/mol. The number of hydrogen-bond acceptors (Lipinski definition) is 5. The van der Waals surface area contributed by atoms with Gasteiger partial charge in [0.05, 0.1) is 5.52 Å². The average molecular weight is 401 g/mol. The molecule has 0 atom stereocenters. The van der Waals surface area contributed by atoms with E-state index in [4.69, 9.17) is 0 Å². The molecule has 8 heteroatoms. The highest BCUT2D eigenvalue weighted by atomic mass is 16.1. The first-order valence-corrected chi connectivity index (χ1v) is 10.2. The summed E-state index contributed by atoms with van der Waals surface area (Å²) in [5.41, 5.74) is 1.86. The lowest BCUT2D eigenvalue weighted by Gasteiger charge is -2.14. The number of fused-ring (bicyclic) bond motifs is 1. The largest absolute Gasteiger partial charge is 0.349 e. The van der Waals surface area contributed by atoms with E-state index >= 15 is 0 Å². The second kappa shape index (κ2) is 8.08. The number of nitrogens with one attached hydrogen (secondary N) is 1. The molecule has 1 N–H and O–H groups in total. The van der Waals surface area contributed by atoms with Crippen LogP contribution in [-0.4, -0.2) is 60.9 Å². The lowest BCUT2D eigenvalue weighted by Crippen LogP contribution is -2.33. The third kappa shape index (κ3) is 3.57. The van der Waals surface area contributed by atoms with Crippen molar-refractivity contribution in [3.63, 3.8) is 0 Å². The van der Waals surface area contributed by atoms with E-state index in [1.165, 1.54) is 12.8 Å². The molecule has 0 aliphatic carbocycles. The average Bonchev–Trinajstić information content (AvgIpc) is 3.54. The van der Waals surface area contributed by atoms with E-state index in [-0.39, 0.29) is 5.91 Å². The number of amides is 1. The smallest absolute Gasteiger partial charge is 0.272 e. The maximum atomic E-state index is 12.9. The molecule has 0 aromatic carbocycles. The molecule has 0 bridgehead atoms. The van der Waals surface area contributed by atoms with E-state index in [9.17, 15) is 4.79 Å². The molecule has 0 spiro atoms. The molecular formula is C22H23N7O. The molecular weight excluding hydrogens is 378 g/mol. The summed E-state index contributed by atoms with van der Waals surface area (Å²) in [6, 6.07) is 11.4. The van der Waals surface area contributed by atoms with E-state index in [2.05, 4.69) is 25.2 Å². The number of aromatic nitrogens is 5. The SMILES string of the molecule is O=C(NCCN1CCCC1)c1nc(-c2cn(-c3ccccn3)cn2)n2ccccc12. The molecule has 1 aliphatic rings. The van der Waals surface area contributed by atoms with Crippen molar-refractivity contribution >= 4 is 11.4 Å². The van der Waals surface area contributed by atoms with Crippen LogP contribution in [0.2, 0.25) is 0 Å². The number of carbonyl (C=O) groups excluding carboxylic acids is 1. The summed E-state index contributed by atoms with van der Waals surface area (Å²) in [6.07, 6.45) is 9.71. The van der Waals surface area contributed by atoms with Gasteiger partial charge in [0.25, 0.3) is 5.91 Å². The van der Waals surface area contributed by atoms with E-state index in [0.717, 1.165) is 31.0 Å². The molecule has 0 radical (unpaired) electrons. The molecule has 4 aromatic rings. The molecule has 0 saturated carbocycles. The minimum absolute atomic E-state index is 0.159. The molecule has 8 nitrogen and oxygen atoms in total. The molecule has 1 saturated heterocycles. The fourth-order valence-corrected chi connectivity index (χ4v) is 3.87. The third-order valence-corrected chi connectivity index (χ3v) is 5.40. The molecule has 5 heterocycles. The molecule has 1 amide bonds. The van der Waals surface area contributed by atoms with Crippen molar-refractivity contribution in [1.82, 2.24) is 34.1 Å². The predicted octanol–water partition coefficient (Wildman–Crippen LogP) is 2.41. The number of hydrogen-bond donors (Lipinski definition) is 1. The zero-order valence-electron chi connectivity index (χ0n) is 16.6. The van der Waals surface area contributed by atoms with Crippen molar-refractivity contribution in [1.29, 1.82) is 0 Å². The van der Waals surface area contributed by atoms with E-state index in [1.807, 2.05) is 57.8 Å². The van der Waals surface area contributed by atoms with Gasteiger partial charge in [0.1, 0.15) is 17.8 Å². The second-order valence-corrected chi connectivity index (χ2v) is 7.40. The van der Waals surface area contributed by atoms with Crippen LogP contribution >= 0.6 is 0 Å². The van der Waals surface area contributed by atoms with E-state index in [0.29, 0.717) is 23.8 Å². The summed E-state index contributed by atoms with van der Waals surface area (Å²) >= 11 is 0. The summed E-state index contributed by atoms with van der Waals surface area (Å²) in [7, 11) is 0. The fraction of sp³-hybridized carbons (Fsp3) is 0.273. The number of imidazole rings is 2. The Morgan fingerprint density at radius 2 is 1.93 bits per heavy atom. The van der Waals surface area contributed by atoms with E-state index < -0.39 is 0 Å². The van der Waals surface area contributed by atoms with Crippen molar-refractivity contribution < 1.29 is 4.79 Å². The fourth-order valence-electron chi connectivity index (χ4n) is 3.87. The van der Waals surface area contributed by atoms with Crippen molar-refractivity contribution in [2.75, 3.05) is 26.2 Å². The van der Waals surface area contributed by atoms with Crippen LogP contribution in [0.1, 0.15) is 23.3 Å². The Labute approximate surface area is 174 Å². The standard InChI is InChI=1S/C22H23N7O/c30-22(24-10-14-27-11-5-6-12-27)20-18-7-2-4-13-29(18)21(26-20)17-15-28(16-25-17)19-8-1-3-9-23-19/h1-4,7-9,13,15-16H,5-6,10-12,14H2,(H,24,30). The summed E-state index contributed by atoms with van der Waals surface area (Å²) in [5, 5.41) is 3.02. The van der Waals surface area contributed by atoms with Gasteiger partial charge in [-0.1, -0.05) is 12.1 Å². The number of likely N-dealkylation sites (tertiary alicyclic amines) is 1. The van der Waals surface area contributed by atoms with Crippen LogP contribution in [0.4, 0.5) is 0 Å². The summed E-state index contributed by atoms with van der Waals surface area (Å²) in [4.78, 5) is 28.7. The molecule has 0 unspecified atom stereocenters. The van der Waals surface area contributed by atoms with Gasteiger partial charge in [0, 0.05) is 31.7 Å². The van der Waals surface area contributed by atoms with Crippen LogP contribution in [0, 0.1) is 0 Å². The molecule has 5 rings (SSSR count). The Bertz CT molecular complexity index is 1160. The van der Waals surface area contributed by atoms with Gasteiger partial charge in [-0.3, -0.25) is 13.8 Å². The van der Waals surface area contributed by atoms with Crippen molar-refractivity contribution in [2.45, 2.75) is 12.8 Å². The highest BCUT2D eigenvalue weighted by Crippen LogP contribution is 2.22. The van der Waals surface area contributed by atoms with Gasteiger partial charge in [0.15, 0.2) is 11.5 Å². The number of nitrogens with zero attached hydrogens (tertiary/aromatic N) is 6. The van der Waals surface area contributed by atoms with Crippen LogP contribution in [0.3, 0.4) is 0 Å². The third-order valence-electron chi connectivity index (χ3n) is 5.40. The lowest BCUT2D eigenvalue weighted by molar-refractivity contribution is 0.0947. The Kier molecular flexibility index (Phi) is 4.98. The van der Waals surface area contributed by atoms with Gasteiger partial charge in [-0.05, 0) is 50.2 Å². The van der Waals surface area contributed by atoms with Crippen LogP contribution in [0.25, 0.3) is 22.9 Å². The number of rotatable bonds is 6. The highest BCUT2D eigenvalue weighted by molar-refractivity contribution is 5.99. The van der Waals surface area contributed by atoms with Gasteiger partial charge in [-0.2, -0.15) is 0 Å². The Hall–Kier alpha value is -3.52. The van der Waals surface area contributed by atoms with Crippen molar-refractivity contribution in [3.05, 3.63) is 67.0 Å². The van der Waals surface area contributed by atoms with Gasteiger partial charge in [-0.15, -0.1) is 0 Å². The highest BCUT2D eigenvalue weighted by Gasteiger charge is 2.20. The maximum absolute atomic E-state index is 12.9. The van der Waals surface area contributed by atoms with Crippen LogP contribution in [0.15, 0.2) is 61.3 Å². The molecule has 152 valence electrons. The topological polar surface area (TPSA) is 80.3 Å². The first kappa shape index (κ1) is 18.5. The summed E-state index contributed by atoms with van der Waals surface area (Å²) < 4.78 is 3.75. The van der Waals surface area contributed by atoms with E-state index in [1.54, 1.807) is 12.5 Å². The zero-order valence-corrected chi connectivity index (χ0v) is 16.6. The van der Waals surface area contributed by atoms with Gasteiger partial charge < -0.3 is 10.2 Å². The molecule has 1 aliphatic heterocycles. The Morgan fingerprint density at radius 3 is 2.77 bits per heavy atom. The quantitative estimate of drug-likeness (QED) is 0.537. The van der Waals surface area contributed by atoms with Gasteiger partial charge in [-0.25, -0.2) is 15.0 Å². The minimum atomic E-state index is -0.159. The number of pyridine rings is 2. The van der Waals surface area contributed by atoms with Gasteiger partial charge >= 0.3 is 0 Å². The van der Waals surface area contributed by atoms with Gasteiger partial charge in [0.2, 0.25) is 0 Å². The first-order chi connectivity index (χ1) is 14.8. The summed E-state index contributed by atoms with van der Waals surface area (Å²) in [6.45, 7) is 3.73. The second-order valence-electron chi connectivity index (χ2n) is 7.40. The minimum Gasteiger partial charge on any atom is -0.349 e. The van der Waals surface area contributed by atoms with Crippen LogP contribution < -0.4 is 5.32 Å². The summed E-state index contributed by atoms with van der Waals surface area (Å²) in [5.74, 6) is 1.25. The number of carbonyl (C=O) groups is 1. The first-order valence-electron chi connectivity index (χ1n) is 10.2. The lowest BCUT2D eigenvalue weighted by atomic mass is 10.3. The zero-order chi connectivity index (χ0) is 20.3. The van der Waals surface area contributed by atoms with Crippen LogP contribution in [-0.2, 0) is 0 Å². The molecule has 30 heavy (non-hydrogen) atoms. The Morgan fingerprint density at radius 1 is 1.07 bits per heavy atom. The Balaban J connectivity index is 1.41.